The highest BCUT2D eigenvalue weighted by molar-refractivity contribution is 7.99. The van der Waals surface area contributed by atoms with Crippen molar-refractivity contribution in [3.63, 3.8) is 0 Å². The summed E-state index contributed by atoms with van der Waals surface area (Å²) in [4.78, 5) is 48.8. The number of ether oxygens (including phenoxy) is 1. The highest BCUT2D eigenvalue weighted by atomic mass is 32.2. The quantitative estimate of drug-likeness (QED) is 0.576. The number of carbonyl (C=O) groups is 4. The van der Waals surface area contributed by atoms with Crippen LogP contribution in [0, 0.1) is 0 Å². The number of carbonyl (C=O) groups excluding carboxylic acids is 4. The lowest BCUT2D eigenvalue weighted by molar-refractivity contribution is -0.123. The Kier molecular flexibility index (Phi) is 6.33. The molecule has 150 valence electrons. The molecule has 3 rings (SSSR count). The zero-order valence-corrected chi connectivity index (χ0v) is 16.8. The third kappa shape index (κ3) is 5.23. The van der Waals surface area contributed by atoms with Crippen molar-refractivity contribution in [3.8, 4) is 0 Å². The number of hydrogen-bond acceptors (Lipinski definition) is 6. The second kappa shape index (κ2) is 8.91. The Balaban J connectivity index is 1.65. The van der Waals surface area contributed by atoms with E-state index in [1.54, 1.807) is 42.5 Å². The zero-order chi connectivity index (χ0) is 21.0. The van der Waals surface area contributed by atoms with Gasteiger partial charge in [0.25, 0.3) is 5.91 Å². The van der Waals surface area contributed by atoms with Gasteiger partial charge in [-0.2, -0.15) is 0 Å². The highest BCUT2D eigenvalue weighted by Gasteiger charge is 2.21. The van der Waals surface area contributed by atoms with Crippen molar-refractivity contribution in [1.82, 2.24) is 0 Å². The number of hydrogen-bond donors (Lipinski definition) is 2. The van der Waals surface area contributed by atoms with Gasteiger partial charge in [-0.05, 0) is 44.2 Å². The van der Waals surface area contributed by atoms with E-state index in [0.717, 1.165) is 4.90 Å². The molecule has 2 amide bonds. The van der Waals surface area contributed by atoms with Crippen LogP contribution >= 0.6 is 11.8 Å². The number of anilines is 2. The molecule has 0 saturated heterocycles. The summed E-state index contributed by atoms with van der Waals surface area (Å²) in [5.41, 5.74) is 1.71. The topological polar surface area (TPSA) is 102 Å². The molecule has 1 atom stereocenters. The molecule has 1 heterocycles. The van der Waals surface area contributed by atoms with E-state index >= 15 is 0 Å². The van der Waals surface area contributed by atoms with Crippen molar-refractivity contribution in [2.45, 2.75) is 31.3 Å². The number of thioether (sulfide) groups is 1. The Morgan fingerprint density at radius 2 is 1.93 bits per heavy atom. The fraction of sp³-hybridized carbons (Fsp3) is 0.238. The van der Waals surface area contributed by atoms with E-state index in [0.29, 0.717) is 29.1 Å². The molecule has 2 N–H and O–H groups in total. The molecule has 1 aliphatic heterocycles. The van der Waals surface area contributed by atoms with Gasteiger partial charge in [-0.15, -0.1) is 11.8 Å². The SMILES string of the molecule is CC(=O)c1cccc(NC(=O)[C@@H](C)OC(=O)c2ccc3c(c2)NC(=O)CCS3)c1. The van der Waals surface area contributed by atoms with Crippen LogP contribution in [0.4, 0.5) is 11.4 Å². The molecule has 2 aromatic carbocycles. The Bertz CT molecular complexity index is 989. The minimum Gasteiger partial charge on any atom is -0.449 e. The first kappa shape index (κ1) is 20.6. The van der Waals surface area contributed by atoms with Crippen molar-refractivity contribution in [3.05, 3.63) is 53.6 Å². The predicted octanol–water partition coefficient (Wildman–Crippen LogP) is 3.51. The third-order valence-corrected chi connectivity index (χ3v) is 5.34. The summed E-state index contributed by atoms with van der Waals surface area (Å²) in [5, 5.41) is 5.40. The maximum Gasteiger partial charge on any atom is 0.338 e. The van der Waals surface area contributed by atoms with Crippen LogP contribution in [0.1, 0.15) is 41.0 Å². The molecule has 0 spiro atoms. The summed E-state index contributed by atoms with van der Waals surface area (Å²) in [7, 11) is 0. The minimum absolute atomic E-state index is 0.109. The molecule has 0 bridgehead atoms. The number of fused-ring (bicyclic) bond motifs is 1. The predicted molar refractivity (Wildman–Crippen MR) is 110 cm³/mol. The molecule has 0 fully saturated rings. The van der Waals surface area contributed by atoms with Crippen LogP contribution in [-0.4, -0.2) is 35.4 Å². The monoisotopic (exact) mass is 412 g/mol. The molecule has 1 aliphatic rings. The lowest BCUT2D eigenvalue weighted by atomic mass is 10.1. The summed E-state index contributed by atoms with van der Waals surface area (Å²) in [6.45, 7) is 2.90. The number of rotatable bonds is 5. The molecule has 8 heteroatoms. The van der Waals surface area contributed by atoms with Crippen molar-refractivity contribution < 1.29 is 23.9 Å². The van der Waals surface area contributed by atoms with Gasteiger partial charge in [0.1, 0.15) is 0 Å². The van der Waals surface area contributed by atoms with Crippen molar-refractivity contribution in [2.24, 2.45) is 0 Å². The van der Waals surface area contributed by atoms with Gasteiger partial charge in [-0.1, -0.05) is 12.1 Å². The Morgan fingerprint density at radius 1 is 1.14 bits per heavy atom. The van der Waals surface area contributed by atoms with Crippen LogP contribution in [0.3, 0.4) is 0 Å². The molecule has 0 saturated carbocycles. The molecule has 7 nitrogen and oxygen atoms in total. The average molecular weight is 412 g/mol. The van der Waals surface area contributed by atoms with E-state index in [4.69, 9.17) is 4.74 Å². The number of amides is 2. The van der Waals surface area contributed by atoms with Gasteiger partial charge in [0.15, 0.2) is 11.9 Å². The van der Waals surface area contributed by atoms with Crippen LogP contribution in [0.15, 0.2) is 47.4 Å². The summed E-state index contributed by atoms with van der Waals surface area (Å²) in [6.07, 6.45) is -0.646. The van der Waals surface area contributed by atoms with Gasteiger partial charge in [0, 0.05) is 28.3 Å². The fourth-order valence-corrected chi connectivity index (χ4v) is 3.63. The van der Waals surface area contributed by atoms with Gasteiger partial charge >= 0.3 is 5.97 Å². The zero-order valence-electron chi connectivity index (χ0n) is 16.0. The lowest BCUT2D eigenvalue weighted by Gasteiger charge is -2.15. The third-order valence-electron chi connectivity index (χ3n) is 4.27. The van der Waals surface area contributed by atoms with Gasteiger partial charge in [-0.3, -0.25) is 14.4 Å². The molecule has 0 aliphatic carbocycles. The normalized spacial score (nSPS) is 14.1. The largest absolute Gasteiger partial charge is 0.449 e. The molecule has 0 aromatic heterocycles. The highest BCUT2D eigenvalue weighted by Crippen LogP contribution is 2.31. The Hall–Kier alpha value is -3.13. The molecular formula is C21H20N2O5S. The maximum absolute atomic E-state index is 12.4. The average Bonchev–Trinajstić information content (AvgIpc) is 2.87. The van der Waals surface area contributed by atoms with Crippen LogP contribution < -0.4 is 10.6 Å². The lowest BCUT2D eigenvalue weighted by Crippen LogP contribution is -2.30. The second-order valence-corrected chi connectivity index (χ2v) is 7.67. The molecule has 0 radical (unpaired) electrons. The summed E-state index contributed by atoms with van der Waals surface area (Å²) >= 11 is 1.53. The van der Waals surface area contributed by atoms with Crippen LogP contribution in [0.5, 0.6) is 0 Å². The first-order chi connectivity index (χ1) is 13.8. The fourth-order valence-electron chi connectivity index (χ4n) is 2.69. The van der Waals surface area contributed by atoms with Crippen LogP contribution in [0.25, 0.3) is 0 Å². The van der Waals surface area contributed by atoms with Gasteiger partial charge in [0.05, 0.1) is 11.3 Å². The smallest absolute Gasteiger partial charge is 0.338 e. The number of nitrogens with one attached hydrogen (secondary N) is 2. The van der Waals surface area contributed by atoms with Gasteiger partial charge in [-0.25, -0.2) is 4.79 Å². The summed E-state index contributed by atoms with van der Waals surface area (Å²) in [5.74, 6) is -0.740. The Morgan fingerprint density at radius 3 is 2.69 bits per heavy atom. The van der Waals surface area contributed by atoms with Crippen molar-refractivity contribution in [1.29, 1.82) is 0 Å². The minimum atomic E-state index is -1.05. The maximum atomic E-state index is 12.4. The second-order valence-electron chi connectivity index (χ2n) is 6.53. The van der Waals surface area contributed by atoms with Gasteiger partial charge < -0.3 is 15.4 Å². The van der Waals surface area contributed by atoms with E-state index in [-0.39, 0.29) is 17.3 Å². The molecule has 0 unspecified atom stereocenters. The van der Waals surface area contributed by atoms with E-state index in [1.807, 2.05) is 0 Å². The van der Waals surface area contributed by atoms with E-state index in [1.165, 1.54) is 25.6 Å². The first-order valence-electron chi connectivity index (χ1n) is 9.03. The number of Topliss-reactive ketones (excluding diaryl/α,β-unsaturated/α-hetero) is 1. The van der Waals surface area contributed by atoms with E-state index < -0.39 is 18.0 Å². The number of esters is 1. The van der Waals surface area contributed by atoms with Crippen LogP contribution in [0.2, 0.25) is 0 Å². The van der Waals surface area contributed by atoms with Crippen molar-refractivity contribution in [2.75, 3.05) is 16.4 Å². The summed E-state index contributed by atoms with van der Waals surface area (Å²) in [6, 6.07) is 11.4. The molecular weight excluding hydrogens is 392 g/mol. The van der Waals surface area contributed by atoms with Crippen molar-refractivity contribution >= 4 is 46.7 Å². The van der Waals surface area contributed by atoms with Crippen LogP contribution in [-0.2, 0) is 14.3 Å². The molecule has 2 aromatic rings. The Labute approximate surface area is 172 Å². The molecule has 29 heavy (non-hydrogen) atoms. The summed E-state index contributed by atoms with van der Waals surface area (Å²) < 4.78 is 5.26. The number of ketones is 1. The van der Waals surface area contributed by atoms with Gasteiger partial charge in [0.2, 0.25) is 5.91 Å². The number of benzene rings is 2. The standard InChI is InChI=1S/C21H20N2O5S/c1-12(24)14-4-3-5-16(10-14)22-20(26)13(2)28-21(27)15-6-7-18-17(11-15)23-19(25)8-9-29-18/h3-7,10-11,13H,8-9H2,1-2H3,(H,22,26)(H,23,25)/t13-/m1/s1. The first-order valence-corrected chi connectivity index (χ1v) is 10.0. The van der Waals surface area contributed by atoms with E-state index in [9.17, 15) is 19.2 Å². The van der Waals surface area contributed by atoms with E-state index in [2.05, 4.69) is 10.6 Å².